The van der Waals surface area contributed by atoms with E-state index in [2.05, 4.69) is 0 Å². The van der Waals surface area contributed by atoms with E-state index >= 15 is 0 Å². The van der Waals surface area contributed by atoms with Crippen LogP contribution < -0.4 is 0 Å². The zero-order valence-electron chi connectivity index (χ0n) is 9.46. The average Bonchev–Trinajstić information content (AvgIpc) is 2.19. The fraction of sp³-hybridized carbons (Fsp3) is 0.818. The van der Waals surface area contributed by atoms with Crippen LogP contribution in [0.15, 0.2) is 11.8 Å². The minimum Gasteiger partial charge on any atom is -0.501 e. The maximum Gasteiger partial charge on any atom is 0.114 e. The van der Waals surface area contributed by atoms with Crippen LogP contribution in [-0.2, 0) is 9.47 Å². The van der Waals surface area contributed by atoms with E-state index in [1.165, 1.54) is 0 Å². The fourth-order valence-corrected chi connectivity index (χ4v) is 1.51. The van der Waals surface area contributed by atoms with Gasteiger partial charge in [0.2, 0.25) is 0 Å². The number of ether oxygens (including phenoxy) is 2. The van der Waals surface area contributed by atoms with Gasteiger partial charge in [0.1, 0.15) is 5.60 Å². The lowest BCUT2D eigenvalue weighted by Crippen LogP contribution is -2.50. The number of rotatable bonds is 3. The van der Waals surface area contributed by atoms with Crippen molar-refractivity contribution in [2.75, 3.05) is 13.7 Å². The highest BCUT2D eigenvalue weighted by Gasteiger charge is 2.43. The van der Waals surface area contributed by atoms with Crippen molar-refractivity contribution in [2.45, 2.75) is 44.8 Å². The molecule has 1 aliphatic rings. The highest BCUT2D eigenvalue weighted by Crippen LogP contribution is 2.35. The van der Waals surface area contributed by atoms with Gasteiger partial charge >= 0.3 is 0 Å². The molecule has 0 aromatic carbocycles. The zero-order valence-corrected chi connectivity index (χ0v) is 9.46. The molecule has 1 rings (SSSR count). The van der Waals surface area contributed by atoms with Crippen LogP contribution in [0.5, 0.6) is 0 Å². The molecular weight excluding hydrogens is 180 g/mol. The molecule has 0 aromatic heterocycles. The first-order valence-corrected chi connectivity index (χ1v) is 5.00. The van der Waals surface area contributed by atoms with Crippen LogP contribution in [-0.4, -0.2) is 30.0 Å². The fourth-order valence-electron chi connectivity index (χ4n) is 1.51. The molecule has 0 bridgehead atoms. The Morgan fingerprint density at radius 3 is 2.50 bits per heavy atom. The average molecular weight is 200 g/mol. The van der Waals surface area contributed by atoms with Crippen molar-refractivity contribution in [3.63, 3.8) is 0 Å². The molecule has 1 heterocycles. The summed E-state index contributed by atoms with van der Waals surface area (Å²) in [7, 11) is 1.61. The second-order valence-corrected chi connectivity index (χ2v) is 4.40. The summed E-state index contributed by atoms with van der Waals surface area (Å²) in [5, 5.41) is 10.4. The van der Waals surface area contributed by atoms with Crippen LogP contribution in [0.2, 0.25) is 0 Å². The quantitative estimate of drug-likeness (QED) is 0.755. The van der Waals surface area contributed by atoms with Gasteiger partial charge in [-0.3, -0.25) is 0 Å². The Balaban J connectivity index is 2.87. The van der Waals surface area contributed by atoms with Crippen molar-refractivity contribution < 1.29 is 14.6 Å². The normalized spacial score (nSPS) is 22.2. The van der Waals surface area contributed by atoms with Crippen molar-refractivity contribution in [2.24, 2.45) is 0 Å². The van der Waals surface area contributed by atoms with E-state index in [0.29, 0.717) is 0 Å². The molecule has 1 unspecified atom stereocenters. The smallest absolute Gasteiger partial charge is 0.114 e. The summed E-state index contributed by atoms with van der Waals surface area (Å²) < 4.78 is 10.5. The van der Waals surface area contributed by atoms with Crippen LogP contribution in [0, 0.1) is 0 Å². The van der Waals surface area contributed by atoms with E-state index in [0.717, 1.165) is 25.0 Å². The van der Waals surface area contributed by atoms with Crippen LogP contribution in [0.3, 0.4) is 0 Å². The Kier molecular flexibility index (Phi) is 3.22. The third-order valence-corrected chi connectivity index (χ3v) is 3.24. The predicted octanol–water partition coefficient (Wildman–Crippen LogP) is 1.86. The van der Waals surface area contributed by atoms with Gasteiger partial charge in [0.15, 0.2) is 0 Å². The summed E-state index contributed by atoms with van der Waals surface area (Å²) in [6, 6.07) is 0. The minimum absolute atomic E-state index is 0.598. The first-order chi connectivity index (χ1) is 6.42. The Labute approximate surface area is 85.7 Å². The van der Waals surface area contributed by atoms with Crippen molar-refractivity contribution in [1.29, 1.82) is 0 Å². The van der Waals surface area contributed by atoms with E-state index in [1.54, 1.807) is 20.3 Å². The summed E-state index contributed by atoms with van der Waals surface area (Å²) in [6.07, 6.45) is 3.51. The molecule has 0 aromatic rings. The SMILES string of the molecule is COC(C)(C)C(C)(O)C1=COCCC1. The molecular formula is C11H20O3. The van der Waals surface area contributed by atoms with Gasteiger partial charge in [-0.15, -0.1) is 0 Å². The minimum atomic E-state index is -0.970. The molecule has 3 nitrogen and oxygen atoms in total. The molecule has 0 aliphatic carbocycles. The summed E-state index contributed by atoms with van der Waals surface area (Å²) in [5.41, 5.74) is -0.655. The molecule has 0 saturated carbocycles. The highest BCUT2D eigenvalue weighted by molar-refractivity contribution is 5.20. The van der Waals surface area contributed by atoms with Gasteiger partial charge in [0.25, 0.3) is 0 Å². The van der Waals surface area contributed by atoms with E-state index in [1.807, 2.05) is 13.8 Å². The standard InChI is InChI=1S/C11H20O3/c1-10(2,13-4)11(3,12)9-6-5-7-14-8-9/h8,12H,5-7H2,1-4H3. The molecule has 1 atom stereocenters. The summed E-state index contributed by atoms with van der Waals surface area (Å²) in [4.78, 5) is 0. The molecule has 0 fully saturated rings. The summed E-state index contributed by atoms with van der Waals surface area (Å²) in [5.74, 6) is 0. The highest BCUT2D eigenvalue weighted by atomic mass is 16.5. The first kappa shape index (κ1) is 11.5. The molecule has 1 aliphatic heterocycles. The molecule has 0 saturated heterocycles. The van der Waals surface area contributed by atoms with Crippen molar-refractivity contribution in [3.05, 3.63) is 11.8 Å². The molecule has 1 N–H and O–H groups in total. The number of hydrogen-bond acceptors (Lipinski definition) is 3. The van der Waals surface area contributed by atoms with Crippen molar-refractivity contribution in [1.82, 2.24) is 0 Å². The molecule has 0 amide bonds. The Morgan fingerprint density at radius 2 is 2.07 bits per heavy atom. The monoisotopic (exact) mass is 200 g/mol. The topological polar surface area (TPSA) is 38.7 Å². The summed E-state index contributed by atoms with van der Waals surface area (Å²) >= 11 is 0. The molecule has 14 heavy (non-hydrogen) atoms. The number of aliphatic hydroxyl groups is 1. The Bertz CT molecular complexity index is 229. The summed E-state index contributed by atoms with van der Waals surface area (Å²) in [6.45, 7) is 6.27. The van der Waals surface area contributed by atoms with E-state index < -0.39 is 11.2 Å². The van der Waals surface area contributed by atoms with Gasteiger partial charge < -0.3 is 14.6 Å². The lowest BCUT2D eigenvalue weighted by Gasteiger charge is -2.41. The van der Waals surface area contributed by atoms with Crippen molar-refractivity contribution >= 4 is 0 Å². The van der Waals surface area contributed by atoms with Gasteiger partial charge in [-0.1, -0.05) is 0 Å². The molecule has 0 radical (unpaired) electrons. The third kappa shape index (κ3) is 1.93. The number of hydrogen-bond donors (Lipinski definition) is 1. The Morgan fingerprint density at radius 1 is 1.43 bits per heavy atom. The van der Waals surface area contributed by atoms with Crippen LogP contribution in [0.25, 0.3) is 0 Å². The van der Waals surface area contributed by atoms with Crippen LogP contribution in [0.1, 0.15) is 33.6 Å². The lowest BCUT2D eigenvalue weighted by atomic mass is 9.79. The van der Waals surface area contributed by atoms with Gasteiger partial charge in [-0.25, -0.2) is 0 Å². The van der Waals surface area contributed by atoms with E-state index in [-0.39, 0.29) is 0 Å². The maximum atomic E-state index is 10.4. The molecule has 3 heteroatoms. The van der Waals surface area contributed by atoms with Crippen LogP contribution >= 0.6 is 0 Å². The Hall–Kier alpha value is -0.540. The van der Waals surface area contributed by atoms with Gasteiger partial charge in [0.05, 0.1) is 18.5 Å². The second-order valence-electron chi connectivity index (χ2n) is 4.40. The maximum absolute atomic E-state index is 10.4. The largest absolute Gasteiger partial charge is 0.501 e. The van der Waals surface area contributed by atoms with Gasteiger partial charge in [-0.2, -0.15) is 0 Å². The molecule has 82 valence electrons. The van der Waals surface area contributed by atoms with Gasteiger partial charge in [0, 0.05) is 7.11 Å². The van der Waals surface area contributed by atoms with Gasteiger partial charge in [-0.05, 0) is 39.2 Å². The van der Waals surface area contributed by atoms with E-state index in [9.17, 15) is 5.11 Å². The first-order valence-electron chi connectivity index (χ1n) is 5.00. The zero-order chi connectivity index (χ0) is 10.8. The predicted molar refractivity (Wildman–Crippen MR) is 55.0 cm³/mol. The molecule has 0 spiro atoms. The second kappa shape index (κ2) is 3.91. The van der Waals surface area contributed by atoms with Crippen LogP contribution in [0.4, 0.5) is 0 Å². The number of methoxy groups -OCH3 is 1. The van der Waals surface area contributed by atoms with Crippen molar-refractivity contribution in [3.8, 4) is 0 Å². The lowest BCUT2D eigenvalue weighted by molar-refractivity contribution is -0.122. The van der Waals surface area contributed by atoms with E-state index in [4.69, 9.17) is 9.47 Å². The third-order valence-electron chi connectivity index (χ3n) is 3.24.